The number of carboxylic acid groups (broad SMARTS) is 1. The van der Waals surface area contributed by atoms with Gasteiger partial charge < -0.3 is 5.11 Å². The molecular weight excluding hydrogens is 246 g/mol. The van der Waals surface area contributed by atoms with Crippen molar-refractivity contribution in [2.24, 2.45) is 17.8 Å². The van der Waals surface area contributed by atoms with Crippen LogP contribution in [0.3, 0.4) is 0 Å². The van der Waals surface area contributed by atoms with Gasteiger partial charge in [0.05, 0.1) is 11.8 Å². The number of rotatable bonds is 5. The molecular formula is C14H19NO4. The number of fused-ring (bicyclic) bond motifs is 1. The summed E-state index contributed by atoms with van der Waals surface area (Å²) in [5.74, 6) is -1.45. The van der Waals surface area contributed by atoms with Crippen molar-refractivity contribution < 1.29 is 19.5 Å². The number of hydrogen-bond acceptors (Lipinski definition) is 3. The fourth-order valence-corrected chi connectivity index (χ4v) is 3.06. The van der Waals surface area contributed by atoms with Crippen LogP contribution in [0.1, 0.15) is 32.6 Å². The van der Waals surface area contributed by atoms with Gasteiger partial charge >= 0.3 is 5.97 Å². The van der Waals surface area contributed by atoms with Crippen LogP contribution in [0.25, 0.3) is 0 Å². The molecule has 0 radical (unpaired) electrons. The summed E-state index contributed by atoms with van der Waals surface area (Å²) in [4.78, 5) is 36.3. The first-order valence-corrected chi connectivity index (χ1v) is 6.80. The maximum Gasteiger partial charge on any atom is 0.303 e. The second-order valence-corrected chi connectivity index (χ2v) is 5.19. The molecule has 5 heteroatoms. The van der Waals surface area contributed by atoms with Gasteiger partial charge in [-0.2, -0.15) is 0 Å². The number of carbonyl (C=O) groups excluding carboxylic acids is 2. The van der Waals surface area contributed by atoms with Crippen molar-refractivity contribution in [2.75, 3.05) is 6.54 Å². The minimum Gasteiger partial charge on any atom is -0.481 e. The summed E-state index contributed by atoms with van der Waals surface area (Å²) in [7, 11) is 0. The van der Waals surface area contributed by atoms with Crippen LogP contribution in [0.2, 0.25) is 0 Å². The summed E-state index contributed by atoms with van der Waals surface area (Å²) in [6.45, 7) is 2.25. The highest BCUT2D eigenvalue weighted by molar-refractivity contribution is 6.05. The Kier molecular flexibility index (Phi) is 4.02. The van der Waals surface area contributed by atoms with Gasteiger partial charge in [0, 0.05) is 13.0 Å². The minimum atomic E-state index is -0.899. The minimum absolute atomic E-state index is 0.0121. The van der Waals surface area contributed by atoms with Gasteiger partial charge in [0.25, 0.3) is 0 Å². The largest absolute Gasteiger partial charge is 0.481 e. The van der Waals surface area contributed by atoms with E-state index in [1.54, 1.807) is 0 Å². The highest BCUT2D eigenvalue weighted by Crippen LogP contribution is 2.39. The average Bonchev–Trinajstić information content (AvgIpc) is 2.63. The molecule has 1 N–H and O–H groups in total. The Balaban J connectivity index is 2.06. The first-order chi connectivity index (χ1) is 9.06. The fourth-order valence-electron chi connectivity index (χ4n) is 3.06. The zero-order valence-electron chi connectivity index (χ0n) is 11.0. The van der Waals surface area contributed by atoms with Crippen LogP contribution in [0.15, 0.2) is 12.2 Å². The highest BCUT2D eigenvalue weighted by Gasteiger charge is 2.50. The van der Waals surface area contributed by atoms with E-state index >= 15 is 0 Å². The van der Waals surface area contributed by atoms with Gasteiger partial charge in [0.15, 0.2) is 0 Å². The molecule has 2 amide bonds. The Morgan fingerprint density at radius 3 is 2.79 bits per heavy atom. The lowest BCUT2D eigenvalue weighted by Crippen LogP contribution is -2.33. The van der Waals surface area contributed by atoms with Gasteiger partial charge in [-0.15, -0.1) is 0 Å². The van der Waals surface area contributed by atoms with E-state index in [1.165, 1.54) is 4.90 Å². The Morgan fingerprint density at radius 1 is 1.42 bits per heavy atom. The molecule has 0 bridgehead atoms. The summed E-state index contributed by atoms with van der Waals surface area (Å²) in [6, 6.07) is 0. The molecule has 0 saturated carbocycles. The lowest BCUT2D eigenvalue weighted by atomic mass is 9.76. The molecule has 0 aromatic rings. The van der Waals surface area contributed by atoms with Gasteiger partial charge in [-0.25, -0.2) is 0 Å². The highest BCUT2D eigenvalue weighted by atomic mass is 16.4. The monoisotopic (exact) mass is 265 g/mol. The molecule has 0 spiro atoms. The van der Waals surface area contributed by atoms with E-state index in [-0.39, 0.29) is 42.5 Å². The van der Waals surface area contributed by atoms with Crippen molar-refractivity contribution in [3.8, 4) is 0 Å². The number of allylic oxidation sites excluding steroid dienone is 2. The Labute approximate surface area is 112 Å². The van der Waals surface area contributed by atoms with Crippen LogP contribution in [-0.2, 0) is 14.4 Å². The quantitative estimate of drug-likeness (QED) is 0.603. The van der Waals surface area contributed by atoms with E-state index < -0.39 is 5.97 Å². The summed E-state index contributed by atoms with van der Waals surface area (Å²) >= 11 is 0. The zero-order valence-corrected chi connectivity index (χ0v) is 11.0. The van der Waals surface area contributed by atoms with Crippen LogP contribution < -0.4 is 0 Å². The van der Waals surface area contributed by atoms with E-state index in [2.05, 4.69) is 0 Å². The van der Waals surface area contributed by atoms with Crippen LogP contribution in [0.4, 0.5) is 0 Å². The Morgan fingerprint density at radius 2 is 2.16 bits per heavy atom. The first-order valence-electron chi connectivity index (χ1n) is 6.80. The van der Waals surface area contributed by atoms with Gasteiger partial charge in [0.2, 0.25) is 11.8 Å². The molecule has 0 aromatic carbocycles. The van der Waals surface area contributed by atoms with Crippen molar-refractivity contribution in [3.05, 3.63) is 12.2 Å². The Bertz CT molecular complexity index is 429. The van der Waals surface area contributed by atoms with Crippen molar-refractivity contribution >= 4 is 17.8 Å². The smallest absolute Gasteiger partial charge is 0.303 e. The number of carboxylic acids is 1. The number of imide groups is 1. The van der Waals surface area contributed by atoms with E-state index in [1.807, 2.05) is 19.1 Å². The van der Waals surface area contributed by atoms with E-state index in [0.29, 0.717) is 12.8 Å². The third kappa shape index (κ3) is 2.55. The predicted molar refractivity (Wildman–Crippen MR) is 68.1 cm³/mol. The van der Waals surface area contributed by atoms with Gasteiger partial charge in [-0.1, -0.05) is 19.1 Å². The maximum absolute atomic E-state index is 12.3. The maximum atomic E-state index is 12.3. The average molecular weight is 265 g/mol. The van der Waals surface area contributed by atoms with Crippen molar-refractivity contribution in [2.45, 2.75) is 32.6 Å². The van der Waals surface area contributed by atoms with E-state index in [4.69, 9.17) is 5.11 Å². The molecule has 3 atom stereocenters. The molecule has 0 aromatic heterocycles. The lowest BCUT2D eigenvalue weighted by molar-refractivity contribution is -0.142. The second kappa shape index (κ2) is 5.55. The summed E-state index contributed by atoms with van der Waals surface area (Å²) in [5, 5.41) is 8.61. The molecule has 2 aliphatic rings. The molecule has 1 heterocycles. The normalized spacial score (nSPS) is 29.7. The fraction of sp³-hybridized carbons (Fsp3) is 0.643. The van der Waals surface area contributed by atoms with Gasteiger partial charge in [-0.3, -0.25) is 19.3 Å². The molecule has 19 heavy (non-hydrogen) atoms. The number of nitrogens with zero attached hydrogens (tertiary/aromatic N) is 1. The van der Waals surface area contributed by atoms with Crippen LogP contribution in [0, 0.1) is 17.8 Å². The first kappa shape index (κ1) is 13.8. The predicted octanol–water partition coefficient (Wildman–Crippen LogP) is 1.44. The summed E-state index contributed by atoms with van der Waals surface area (Å²) in [5.41, 5.74) is 0. The summed E-state index contributed by atoms with van der Waals surface area (Å²) in [6.07, 6.45) is 5.81. The van der Waals surface area contributed by atoms with Crippen molar-refractivity contribution in [3.63, 3.8) is 0 Å². The van der Waals surface area contributed by atoms with Crippen molar-refractivity contribution in [1.82, 2.24) is 4.90 Å². The SMILES string of the molecule is CCC1C=CCC2C(=O)N(CCCC(=O)O)C(=O)C12. The van der Waals surface area contributed by atoms with Crippen LogP contribution in [-0.4, -0.2) is 34.3 Å². The summed E-state index contributed by atoms with van der Waals surface area (Å²) < 4.78 is 0. The molecule has 2 rings (SSSR count). The Hall–Kier alpha value is -1.65. The number of carbonyl (C=O) groups is 3. The lowest BCUT2D eigenvalue weighted by Gasteiger charge is -2.24. The zero-order chi connectivity index (χ0) is 14.0. The number of amides is 2. The second-order valence-electron chi connectivity index (χ2n) is 5.19. The molecule has 1 aliphatic carbocycles. The number of likely N-dealkylation sites (tertiary alicyclic amines) is 1. The third-order valence-corrected chi connectivity index (χ3v) is 4.05. The van der Waals surface area contributed by atoms with Gasteiger partial charge in [-0.05, 0) is 25.2 Å². The molecule has 1 fully saturated rings. The van der Waals surface area contributed by atoms with E-state index in [0.717, 1.165) is 6.42 Å². The number of aliphatic carboxylic acids is 1. The molecule has 104 valence electrons. The van der Waals surface area contributed by atoms with Crippen LogP contribution >= 0.6 is 0 Å². The number of hydrogen-bond donors (Lipinski definition) is 1. The molecule has 1 aliphatic heterocycles. The molecule has 5 nitrogen and oxygen atoms in total. The molecule has 1 saturated heterocycles. The van der Waals surface area contributed by atoms with Crippen molar-refractivity contribution in [1.29, 1.82) is 0 Å². The third-order valence-electron chi connectivity index (χ3n) is 4.05. The van der Waals surface area contributed by atoms with Gasteiger partial charge in [0.1, 0.15) is 0 Å². The topological polar surface area (TPSA) is 74.7 Å². The molecule has 3 unspecified atom stereocenters. The standard InChI is InChI=1S/C14H19NO4/c1-2-9-5-3-6-10-12(9)14(19)15(13(10)18)8-4-7-11(16)17/h3,5,9-10,12H,2,4,6-8H2,1H3,(H,16,17). The van der Waals surface area contributed by atoms with Crippen LogP contribution in [0.5, 0.6) is 0 Å². The van der Waals surface area contributed by atoms with E-state index in [9.17, 15) is 14.4 Å².